The number of hydrogen-bond donors (Lipinski definition) is 2. The first-order valence-electron chi connectivity index (χ1n) is 3.17. The molecule has 0 bridgehead atoms. The highest BCUT2D eigenvalue weighted by atomic mass is 16.3. The Kier molecular flexibility index (Phi) is 3.79. The first kappa shape index (κ1) is 9.23. The molecule has 2 N–H and O–H groups in total. The van der Waals surface area contributed by atoms with E-state index in [4.69, 9.17) is 5.11 Å². The van der Waals surface area contributed by atoms with Crippen molar-refractivity contribution in [1.29, 1.82) is 0 Å². The highest BCUT2D eigenvalue weighted by Crippen LogP contribution is 1.79. The predicted molar refractivity (Wildman–Crippen MR) is 38.8 cm³/mol. The van der Waals surface area contributed by atoms with E-state index in [9.17, 15) is 4.79 Å². The van der Waals surface area contributed by atoms with Crippen LogP contribution in [0.4, 0.5) is 4.79 Å². The maximum Gasteiger partial charge on any atom is 0.316 e. The van der Waals surface area contributed by atoms with Gasteiger partial charge in [0.15, 0.2) is 0 Å². The molecule has 0 spiro atoms. The lowest BCUT2D eigenvalue weighted by molar-refractivity contribution is 0.180. The van der Waals surface area contributed by atoms with Crippen LogP contribution in [0.5, 0.6) is 0 Å². The number of carbonyl (C=O) groups is 1. The minimum atomic E-state index is -0.483. The zero-order valence-corrected chi connectivity index (χ0v) is 6.59. The van der Waals surface area contributed by atoms with Gasteiger partial charge in [-0.1, -0.05) is 0 Å². The molecule has 0 aliphatic heterocycles. The minimum Gasteiger partial charge on any atom is -0.392 e. The molecule has 0 aromatic rings. The lowest BCUT2D eigenvalue weighted by atomic mass is 10.4. The van der Waals surface area contributed by atoms with Gasteiger partial charge in [-0.3, -0.25) is 0 Å². The summed E-state index contributed by atoms with van der Waals surface area (Å²) < 4.78 is 0. The maximum absolute atomic E-state index is 10.8. The molecule has 1 atom stereocenters. The molecule has 0 heterocycles. The summed E-state index contributed by atoms with van der Waals surface area (Å²) in [5.74, 6) is 0. The van der Waals surface area contributed by atoms with Crippen molar-refractivity contribution in [2.24, 2.45) is 0 Å². The van der Waals surface area contributed by atoms with Crippen LogP contribution in [0.15, 0.2) is 0 Å². The summed E-state index contributed by atoms with van der Waals surface area (Å²) in [6.07, 6.45) is -0.483. The largest absolute Gasteiger partial charge is 0.392 e. The average molecular weight is 146 g/mol. The number of aliphatic hydroxyl groups excluding tert-OH is 1. The summed E-state index contributed by atoms with van der Waals surface area (Å²) in [6.45, 7) is 1.92. The molecule has 0 saturated heterocycles. The third kappa shape index (κ3) is 4.14. The minimum absolute atomic E-state index is 0.180. The lowest BCUT2D eigenvalue weighted by Crippen LogP contribution is -2.38. The van der Waals surface area contributed by atoms with Gasteiger partial charge >= 0.3 is 6.03 Å². The van der Waals surface area contributed by atoms with Gasteiger partial charge in [0.05, 0.1) is 6.10 Å². The molecule has 0 fully saturated rings. The monoisotopic (exact) mass is 146 g/mol. The summed E-state index contributed by atoms with van der Waals surface area (Å²) in [5.41, 5.74) is 0. The molecule has 2 amide bonds. The van der Waals surface area contributed by atoms with E-state index in [1.54, 1.807) is 21.0 Å². The topological polar surface area (TPSA) is 52.6 Å². The van der Waals surface area contributed by atoms with Gasteiger partial charge in [-0.15, -0.1) is 0 Å². The summed E-state index contributed by atoms with van der Waals surface area (Å²) in [6, 6.07) is -0.180. The van der Waals surface area contributed by atoms with Gasteiger partial charge in [0, 0.05) is 20.6 Å². The molecule has 1 unspecified atom stereocenters. The molecule has 4 nitrogen and oxygen atoms in total. The molecule has 4 heteroatoms. The van der Waals surface area contributed by atoms with Crippen LogP contribution in [0.3, 0.4) is 0 Å². The van der Waals surface area contributed by atoms with Crippen molar-refractivity contribution in [3.8, 4) is 0 Å². The number of nitrogens with zero attached hydrogens (tertiary/aromatic N) is 1. The number of hydrogen-bond acceptors (Lipinski definition) is 2. The van der Waals surface area contributed by atoms with Gasteiger partial charge in [0.25, 0.3) is 0 Å². The smallest absolute Gasteiger partial charge is 0.316 e. The second-order valence-electron chi connectivity index (χ2n) is 2.43. The summed E-state index contributed by atoms with van der Waals surface area (Å²) in [4.78, 5) is 12.2. The summed E-state index contributed by atoms with van der Waals surface area (Å²) in [7, 11) is 3.30. The van der Waals surface area contributed by atoms with Crippen molar-refractivity contribution in [2.45, 2.75) is 13.0 Å². The van der Waals surface area contributed by atoms with Crippen molar-refractivity contribution < 1.29 is 9.90 Å². The Labute approximate surface area is 60.8 Å². The van der Waals surface area contributed by atoms with Crippen molar-refractivity contribution in [3.05, 3.63) is 0 Å². The Morgan fingerprint density at radius 3 is 2.50 bits per heavy atom. The van der Waals surface area contributed by atoms with Gasteiger partial charge in [0.2, 0.25) is 0 Å². The number of nitrogens with one attached hydrogen (secondary N) is 1. The quantitative estimate of drug-likeness (QED) is 0.559. The van der Waals surface area contributed by atoms with E-state index < -0.39 is 6.10 Å². The molecule has 0 aliphatic rings. The van der Waals surface area contributed by atoms with Crippen LogP contribution in [-0.2, 0) is 0 Å². The van der Waals surface area contributed by atoms with Crippen molar-refractivity contribution in [2.75, 3.05) is 20.6 Å². The average Bonchev–Trinajstić information content (AvgIpc) is 1.82. The molecule has 0 rings (SSSR count). The molecule has 0 saturated carbocycles. The molecule has 0 aromatic heterocycles. The molecular weight excluding hydrogens is 132 g/mol. The summed E-state index contributed by atoms with van der Waals surface area (Å²) in [5, 5.41) is 11.3. The van der Waals surface area contributed by atoms with E-state index in [1.165, 1.54) is 4.90 Å². The van der Waals surface area contributed by atoms with Crippen LogP contribution in [0.25, 0.3) is 0 Å². The number of amides is 2. The molecule has 0 radical (unpaired) electrons. The number of urea groups is 1. The third-order valence-electron chi connectivity index (χ3n) is 0.955. The van der Waals surface area contributed by atoms with Gasteiger partial charge < -0.3 is 15.3 Å². The van der Waals surface area contributed by atoms with Gasteiger partial charge in [0.1, 0.15) is 0 Å². The first-order chi connectivity index (χ1) is 4.54. The number of carbonyl (C=O) groups excluding carboxylic acids is 1. The molecule has 0 aliphatic carbocycles. The maximum atomic E-state index is 10.8. The van der Waals surface area contributed by atoms with E-state index in [1.807, 2.05) is 0 Å². The zero-order chi connectivity index (χ0) is 8.15. The van der Waals surface area contributed by atoms with Crippen molar-refractivity contribution in [1.82, 2.24) is 10.2 Å². The van der Waals surface area contributed by atoms with E-state index in [2.05, 4.69) is 5.32 Å². The van der Waals surface area contributed by atoms with Gasteiger partial charge in [-0.2, -0.15) is 0 Å². The van der Waals surface area contributed by atoms with Gasteiger partial charge in [-0.05, 0) is 6.92 Å². The SMILES string of the molecule is CC(O)CNC(=O)N(C)C. The Bertz CT molecular complexity index is 112. The van der Waals surface area contributed by atoms with Crippen LogP contribution in [0.1, 0.15) is 6.92 Å². The normalized spacial score (nSPS) is 12.4. The van der Waals surface area contributed by atoms with Crippen LogP contribution >= 0.6 is 0 Å². The standard InChI is InChI=1S/C6H14N2O2/c1-5(9)4-7-6(10)8(2)3/h5,9H,4H2,1-3H3,(H,7,10). The van der Waals surface area contributed by atoms with Gasteiger partial charge in [-0.25, -0.2) is 4.79 Å². The molecule has 60 valence electrons. The number of rotatable bonds is 2. The third-order valence-corrected chi connectivity index (χ3v) is 0.955. The van der Waals surface area contributed by atoms with Crippen LogP contribution in [0, 0.1) is 0 Å². The second kappa shape index (κ2) is 4.11. The molecule has 10 heavy (non-hydrogen) atoms. The fourth-order valence-corrected chi connectivity index (χ4v) is 0.393. The molecule has 0 aromatic carbocycles. The van der Waals surface area contributed by atoms with Crippen molar-refractivity contribution >= 4 is 6.03 Å². The first-order valence-corrected chi connectivity index (χ1v) is 3.17. The van der Waals surface area contributed by atoms with E-state index in [-0.39, 0.29) is 6.03 Å². The van der Waals surface area contributed by atoms with E-state index in [0.29, 0.717) is 6.54 Å². The van der Waals surface area contributed by atoms with Crippen LogP contribution < -0.4 is 5.32 Å². The Hall–Kier alpha value is -0.770. The fourth-order valence-electron chi connectivity index (χ4n) is 0.393. The highest BCUT2D eigenvalue weighted by molar-refractivity contribution is 5.73. The Morgan fingerprint density at radius 1 is 1.70 bits per heavy atom. The van der Waals surface area contributed by atoms with E-state index >= 15 is 0 Å². The summed E-state index contributed by atoms with van der Waals surface area (Å²) >= 11 is 0. The Morgan fingerprint density at radius 2 is 2.20 bits per heavy atom. The van der Waals surface area contributed by atoms with Crippen molar-refractivity contribution in [3.63, 3.8) is 0 Å². The van der Waals surface area contributed by atoms with Crippen LogP contribution in [0.2, 0.25) is 0 Å². The number of aliphatic hydroxyl groups is 1. The van der Waals surface area contributed by atoms with Crippen LogP contribution in [-0.4, -0.2) is 42.8 Å². The second-order valence-corrected chi connectivity index (χ2v) is 2.43. The predicted octanol–water partition coefficient (Wildman–Crippen LogP) is -0.362. The highest BCUT2D eigenvalue weighted by Gasteiger charge is 2.02. The Balaban J connectivity index is 3.40. The van der Waals surface area contributed by atoms with E-state index in [0.717, 1.165) is 0 Å². The molecular formula is C6H14N2O2. The fraction of sp³-hybridized carbons (Fsp3) is 0.833. The lowest BCUT2D eigenvalue weighted by Gasteiger charge is -2.12. The zero-order valence-electron chi connectivity index (χ0n) is 6.59.